The Bertz CT molecular complexity index is 1010. The van der Waals surface area contributed by atoms with E-state index in [1.807, 2.05) is 6.92 Å². The minimum absolute atomic E-state index is 0.0501. The Balaban J connectivity index is 1.65. The first kappa shape index (κ1) is 18.5. The summed E-state index contributed by atoms with van der Waals surface area (Å²) in [6, 6.07) is 12.5. The summed E-state index contributed by atoms with van der Waals surface area (Å²) >= 11 is 1.16. The van der Waals surface area contributed by atoms with Crippen LogP contribution in [0.1, 0.15) is 27.0 Å². The van der Waals surface area contributed by atoms with Gasteiger partial charge in [0, 0.05) is 27.8 Å². The summed E-state index contributed by atoms with van der Waals surface area (Å²) in [5.74, 6) is -0.313. The number of ketones is 1. The second kappa shape index (κ2) is 7.96. The lowest BCUT2D eigenvalue weighted by atomic mass is 10.1. The van der Waals surface area contributed by atoms with Gasteiger partial charge in [-0.3, -0.25) is 14.9 Å². The third-order valence-electron chi connectivity index (χ3n) is 3.73. The molecule has 7 nitrogen and oxygen atoms in total. The number of rotatable bonds is 7. The van der Waals surface area contributed by atoms with Crippen molar-refractivity contribution in [3.63, 3.8) is 0 Å². The van der Waals surface area contributed by atoms with Gasteiger partial charge in [0.15, 0.2) is 12.4 Å². The fraction of sp³-hybridized carbons (Fsp3) is 0.158. The molecular weight excluding hydrogens is 370 g/mol. The fourth-order valence-corrected chi connectivity index (χ4v) is 3.37. The molecule has 0 saturated carbocycles. The van der Waals surface area contributed by atoms with Crippen LogP contribution in [0.15, 0.2) is 48.5 Å². The monoisotopic (exact) mass is 385 g/mol. The number of esters is 1. The van der Waals surface area contributed by atoms with Crippen molar-refractivity contribution in [2.24, 2.45) is 0 Å². The molecule has 27 heavy (non-hydrogen) atoms. The van der Waals surface area contributed by atoms with Crippen LogP contribution < -0.4 is 4.74 Å². The molecule has 138 valence electrons. The molecule has 3 aromatic rings. The van der Waals surface area contributed by atoms with Gasteiger partial charge < -0.3 is 9.47 Å². The van der Waals surface area contributed by atoms with Crippen LogP contribution in [0.4, 0.5) is 5.69 Å². The molecule has 0 N–H and O–H groups in total. The molecule has 0 saturated heterocycles. The smallest absolute Gasteiger partial charge is 0.348 e. The predicted molar refractivity (Wildman–Crippen MR) is 101 cm³/mol. The maximum Gasteiger partial charge on any atom is 0.348 e. The number of thiophene rings is 1. The number of ether oxygens (including phenoxy) is 2. The standard InChI is InChI=1S/C19H15NO6S/c1-2-25-15-6-3-12(4-7-15)16(21)11-26-19(22)18-10-13-9-14(20(23)24)5-8-17(13)27-18/h3-10H,2,11H2,1H3. The van der Waals surface area contributed by atoms with E-state index in [1.54, 1.807) is 30.3 Å². The number of Topliss-reactive ketones (excluding diaryl/α,β-unsaturated/α-hetero) is 1. The molecule has 0 unspecified atom stereocenters. The summed E-state index contributed by atoms with van der Waals surface area (Å²) in [5.41, 5.74) is 0.365. The molecule has 3 rings (SSSR count). The summed E-state index contributed by atoms with van der Waals surface area (Å²) in [7, 11) is 0. The minimum Gasteiger partial charge on any atom is -0.494 e. The van der Waals surface area contributed by atoms with Gasteiger partial charge in [0.2, 0.25) is 0 Å². The highest BCUT2D eigenvalue weighted by molar-refractivity contribution is 7.20. The Morgan fingerprint density at radius 2 is 1.85 bits per heavy atom. The molecule has 1 aromatic heterocycles. The molecule has 0 amide bonds. The summed E-state index contributed by atoms with van der Waals surface area (Å²) in [4.78, 5) is 35.0. The third-order valence-corrected chi connectivity index (χ3v) is 4.83. The number of fused-ring (bicyclic) bond motifs is 1. The highest BCUT2D eigenvalue weighted by atomic mass is 32.1. The van der Waals surface area contributed by atoms with Gasteiger partial charge in [-0.25, -0.2) is 4.79 Å². The van der Waals surface area contributed by atoms with E-state index in [0.717, 1.165) is 16.0 Å². The lowest BCUT2D eigenvalue weighted by Crippen LogP contribution is -2.13. The van der Waals surface area contributed by atoms with Crippen LogP contribution in [-0.4, -0.2) is 29.9 Å². The molecule has 0 aliphatic heterocycles. The van der Waals surface area contributed by atoms with Crippen molar-refractivity contribution in [1.82, 2.24) is 0 Å². The number of hydrogen-bond acceptors (Lipinski definition) is 7. The molecule has 1 heterocycles. The van der Waals surface area contributed by atoms with Gasteiger partial charge in [-0.05, 0) is 43.3 Å². The largest absolute Gasteiger partial charge is 0.494 e. The van der Waals surface area contributed by atoms with Crippen LogP contribution in [-0.2, 0) is 4.74 Å². The second-order valence-corrected chi connectivity index (χ2v) is 6.63. The van der Waals surface area contributed by atoms with Gasteiger partial charge in [-0.15, -0.1) is 11.3 Å². The van der Waals surface area contributed by atoms with Crippen molar-refractivity contribution in [1.29, 1.82) is 0 Å². The Morgan fingerprint density at radius 1 is 1.11 bits per heavy atom. The summed E-state index contributed by atoms with van der Waals surface area (Å²) in [6.45, 7) is 2.01. The van der Waals surface area contributed by atoms with Crippen LogP contribution in [0, 0.1) is 10.1 Å². The third kappa shape index (κ3) is 4.29. The zero-order valence-corrected chi connectivity index (χ0v) is 15.2. The van der Waals surface area contributed by atoms with Gasteiger partial charge in [-0.1, -0.05) is 0 Å². The molecule has 0 aliphatic rings. The first-order valence-electron chi connectivity index (χ1n) is 8.09. The average molecular weight is 385 g/mol. The number of carbonyl (C=O) groups is 2. The molecule has 0 fully saturated rings. The summed E-state index contributed by atoms with van der Waals surface area (Å²) in [6.07, 6.45) is 0. The van der Waals surface area contributed by atoms with Crippen LogP contribution >= 0.6 is 11.3 Å². The van der Waals surface area contributed by atoms with Crippen molar-refractivity contribution in [3.05, 3.63) is 69.1 Å². The first-order chi connectivity index (χ1) is 13.0. The van der Waals surface area contributed by atoms with Gasteiger partial charge in [0.1, 0.15) is 10.6 Å². The van der Waals surface area contributed by atoms with Crippen molar-refractivity contribution >= 4 is 38.9 Å². The molecule has 0 bridgehead atoms. The molecule has 8 heteroatoms. The van der Waals surface area contributed by atoms with Crippen molar-refractivity contribution in [2.75, 3.05) is 13.2 Å². The highest BCUT2D eigenvalue weighted by Crippen LogP contribution is 2.29. The van der Waals surface area contributed by atoms with Crippen LogP contribution in [0.25, 0.3) is 10.1 Å². The van der Waals surface area contributed by atoms with Crippen LogP contribution in [0.3, 0.4) is 0 Å². The van der Waals surface area contributed by atoms with E-state index >= 15 is 0 Å². The van der Waals surface area contributed by atoms with E-state index in [0.29, 0.717) is 23.3 Å². The van der Waals surface area contributed by atoms with E-state index < -0.39 is 10.9 Å². The summed E-state index contributed by atoms with van der Waals surface area (Å²) in [5, 5.41) is 11.4. The zero-order chi connectivity index (χ0) is 19.4. The Kier molecular flexibility index (Phi) is 5.46. The van der Waals surface area contributed by atoms with Crippen LogP contribution in [0.5, 0.6) is 5.75 Å². The fourth-order valence-electron chi connectivity index (χ4n) is 2.43. The lowest BCUT2D eigenvalue weighted by molar-refractivity contribution is -0.384. The predicted octanol–water partition coefficient (Wildman–Crippen LogP) is 4.25. The van der Waals surface area contributed by atoms with E-state index in [2.05, 4.69) is 0 Å². The molecule has 0 spiro atoms. The quantitative estimate of drug-likeness (QED) is 0.261. The molecule has 0 aliphatic carbocycles. The van der Waals surface area contributed by atoms with Crippen LogP contribution in [0.2, 0.25) is 0 Å². The van der Waals surface area contributed by atoms with Crippen molar-refractivity contribution in [3.8, 4) is 5.75 Å². The number of nitro groups is 1. The second-order valence-electron chi connectivity index (χ2n) is 5.55. The maximum atomic E-state index is 12.2. The minimum atomic E-state index is -0.641. The van der Waals surface area contributed by atoms with Gasteiger partial charge in [0.25, 0.3) is 5.69 Å². The summed E-state index contributed by atoms with van der Waals surface area (Å²) < 4.78 is 11.1. The van der Waals surface area contributed by atoms with E-state index in [1.165, 1.54) is 18.2 Å². The maximum absolute atomic E-state index is 12.2. The molecular formula is C19H15NO6S. The first-order valence-corrected chi connectivity index (χ1v) is 8.90. The van der Waals surface area contributed by atoms with E-state index in [9.17, 15) is 19.7 Å². The Hall–Kier alpha value is -3.26. The number of benzene rings is 2. The normalized spacial score (nSPS) is 10.6. The van der Waals surface area contributed by atoms with E-state index in [-0.39, 0.29) is 23.0 Å². The number of nitrogens with zero attached hydrogens (tertiary/aromatic N) is 1. The average Bonchev–Trinajstić information content (AvgIpc) is 3.10. The van der Waals surface area contributed by atoms with Gasteiger partial charge in [0.05, 0.1) is 11.5 Å². The Morgan fingerprint density at radius 3 is 2.52 bits per heavy atom. The van der Waals surface area contributed by atoms with E-state index in [4.69, 9.17) is 9.47 Å². The number of hydrogen-bond donors (Lipinski definition) is 0. The van der Waals surface area contributed by atoms with Gasteiger partial charge >= 0.3 is 5.97 Å². The molecule has 2 aromatic carbocycles. The highest BCUT2D eigenvalue weighted by Gasteiger charge is 2.16. The number of nitro benzene ring substituents is 1. The number of non-ortho nitro benzene ring substituents is 1. The number of carbonyl (C=O) groups excluding carboxylic acids is 2. The SMILES string of the molecule is CCOc1ccc(C(=O)COC(=O)c2cc3cc([N+](=O)[O-])ccc3s2)cc1. The molecule has 0 atom stereocenters. The lowest BCUT2D eigenvalue weighted by Gasteiger charge is -2.05. The van der Waals surface area contributed by atoms with Crippen molar-refractivity contribution < 1.29 is 24.0 Å². The topological polar surface area (TPSA) is 95.7 Å². The van der Waals surface area contributed by atoms with Crippen molar-refractivity contribution in [2.45, 2.75) is 6.92 Å². The zero-order valence-electron chi connectivity index (χ0n) is 14.3. The van der Waals surface area contributed by atoms with Gasteiger partial charge in [-0.2, -0.15) is 0 Å². The molecule has 0 radical (unpaired) electrons. The Labute approximate surface area is 158 Å².